The molecule has 4 aliphatic rings. The molecule has 4 rings (SSSR count). The highest BCUT2D eigenvalue weighted by molar-refractivity contribution is 5.85. The van der Waals surface area contributed by atoms with Gasteiger partial charge in [-0.05, 0) is 38.0 Å². The summed E-state index contributed by atoms with van der Waals surface area (Å²) in [5.41, 5.74) is 0. The van der Waals surface area contributed by atoms with Crippen LogP contribution in [0.4, 0.5) is 0 Å². The summed E-state index contributed by atoms with van der Waals surface area (Å²) < 4.78 is 0. The Balaban J connectivity index is 0.00000196. The number of carbonyl (C=O) groups is 2. The molecule has 2 aliphatic heterocycles. The lowest BCUT2D eigenvalue weighted by Gasteiger charge is -2.38. The monoisotopic (exact) mass is 383 g/mol. The van der Waals surface area contributed by atoms with Crippen molar-refractivity contribution in [2.75, 3.05) is 26.2 Å². The maximum absolute atomic E-state index is 12.9. The first-order valence-corrected chi connectivity index (χ1v) is 10.6. The molecule has 0 aromatic carbocycles. The summed E-state index contributed by atoms with van der Waals surface area (Å²) in [5.74, 6) is 1.57. The predicted octanol–water partition coefficient (Wildman–Crippen LogP) is 2.58. The molecule has 2 aliphatic carbocycles. The van der Waals surface area contributed by atoms with E-state index in [4.69, 9.17) is 0 Å². The molecule has 2 saturated heterocycles. The fraction of sp³-hybridized carbons (Fsp3) is 0.900. The van der Waals surface area contributed by atoms with Crippen LogP contribution in [0.5, 0.6) is 0 Å². The van der Waals surface area contributed by atoms with Crippen molar-refractivity contribution in [3.05, 3.63) is 0 Å². The summed E-state index contributed by atoms with van der Waals surface area (Å²) in [5, 5.41) is 3.60. The molecule has 3 atom stereocenters. The topological polar surface area (TPSA) is 52.7 Å². The number of hydrogen-bond acceptors (Lipinski definition) is 3. The molecule has 2 heterocycles. The number of halogens is 1. The van der Waals surface area contributed by atoms with Gasteiger partial charge in [0.15, 0.2) is 0 Å². The Morgan fingerprint density at radius 2 is 1.31 bits per heavy atom. The minimum Gasteiger partial charge on any atom is -0.339 e. The zero-order valence-corrected chi connectivity index (χ0v) is 16.6. The number of amides is 2. The van der Waals surface area contributed by atoms with Crippen molar-refractivity contribution in [1.29, 1.82) is 0 Å². The molecule has 6 heteroatoms. The van der Waals surface area contributed by atoms with Crippen molar-refractivity contribution >= 4 is 24.2 Å². The van der Waals surface area contributed by atoms with E-state index < -0.39 is 0 Å². The van der Waals surface area contributed by atoms with E-state index >= 15 is 0 Å². The molecular weight excluding hydrogens is 350 g/mol. The van der Waals surface area contributed by atoms with E-state index in [1.165, 1.54) is 44.9 Å². The molecule has 2 saturated carbocycles. The molecule has 3 unspecified atom stereocenters. The van der Waals surface area contributed by atoms with Crippen molar-refractivity contribution < 1.29 is 9.59 Å². The van der Waals surface area contributed by atoms with E-state index in [0.717, 1.165) is 32.4 Å². The number of nitrogens with zero attached hydrogens (tertiary/aromatic N) is 2. The standard InChI is InChI=1S/C20H33N3O2.ClH/c24-19(15-6-2-1-3-7-15)22-10-12-23(13-11-22)20(25)18-14-16-8-4-5-9-17(16)21-18;/h15-18,21H,1-14H2;1H. The minimum absolute atomic E-state index is 0. The molecule has 0 aromatic heterocycles. The SMILES string of the molecule is Cl.O=C(C1CCCCC1)N1CCN(C(=O)C2CC3CCCCC3N2)CC1. The van der Waals surface area contributed by atoms with Crippen LogP contribution in [0.25, 0.3) is 0 Å². The largest absolute Gasteiger partial charge is 0.339 e. The van der Waals surface area contributed by atoms with Gasteiger partial charge in [-0.25, -0.2) is 0 Å². The van der Waals surface area contributed by atoms with Gasteiger partial charge in [-0.15, -0.1) is 12.4 Å². The molecule has 4 fully saturated rings. The van der Waals surface area contributed by atoms with E-state index in [0.29, 0.717) is 31.0 Å². The van der Waals surface area contributed by atoms with Gasteiger partial charge in [-0.1, -0.05) is 32.1 Å². The van der Waals surface area contributed by atoms with Crippen molar-refractivity contribution in [3.8, 4) is 0 Å². The Labute approximate surface area is 163 Å². The van der Waals surface area contributed by atoms with Crippen molar-refractivity contribution in [2.45, 2.75) is 76.3 Å². The maximum Gasteiger partial charge on any atom is 0.239 e. The second kappa shape index (κ2) is 8.92. The van der Waals surface area contributed by atoms with Crippen LogP contribution in [0.15, 0.2) is 0 Å². The van der Waals surface area contributed by atoms with E-state index in [2.05, 4.69) is 5.32 Å². The number of nitrogens with one attached hydrogen (secondary N) is 1. The Hall–Kier alpha value is -0.810. The van der Waals surface area contributed by atoms with Crippen LogP contribution in [0, 0.1) is 11.8 Å². The fourth-order valence-corrected chi connectivity index (χ4v) is 5.49. The van der Waals surface area contributed by atoms with Crippen LogP contribution < -0.4 is 5.32 Å². The minimum atomic E-state index is 0. The average molecular weight is 384 g/mol. The molecule has 2 amide bonds. The van der Waals surface area contributed by atoms with Crippen LogP contribution in [0.1, 0.15) is 64.2 Å². The van der Waals surface area contributed by atoms with Gasteiger partial charge in [-0.3, -0.25) is 9.59 Å². The van der Waals surface area contributed by atoms with E-state index in [1.807, 2.05) is 9.80 Å². The molecule has 0 bridgehead atoms. The number of carbonyl (C=O) groups excluding carboxylic acids is 2. The summed E-state index contributed by atoms with van der Waals surface area (Å²) in [4.78, 5) is 29.6. The van der Waals surface area contributed by atoms with Gasteiger partial charge in [0, 0.05) is 38.1 Å². The van der Waals surface area contributed by atoms with Gasteiger partial charge in [-0.2, -0.15) is 0 Å². The number of rotatable bonds is 2. The lowest BCUT2D eigenvalue weighted by Crippen LogP contribution is -2.55. The smallest absolute Gasteiger partial charge is 0.239 e. The normalized spacial score (nSPS) is 32.7. The van der Waals surface area contributed by atoms with E-state index in [-0.39, 0.29) is 30.3 Å². The van der Waals surface area contributed by atoms with Gasteiger partial charge in [0.05, 0.1) is 6.04 Å². The fourth-order valence-electron chi connectivity index (χ4n) is 5.49. The van der Waals surface area contributed by atoms with Crippen LogP contribution in [0.3, 0.4) is 0 Å². The van der Waals surface area contributed by atoms with Crippen LogP contribution >= 0.6 is 12.4 Å². The second-order valence-electron chi connectivity index (χ2n) is 8.59. The number of fused-ring (bicyclic) bond motifs is 1. The van der Waals surface area contributed by atoms with Crippen LogP contribution in [-0.2, 0) is 9.59 Å². The van der Waals surface area contributed by atoms with Crippen LogP contribution in [-0.4, -0.2) is 59.9 Å². The number of piperazine rings is 1. The summed E-state index contributed by atoms with van der Waals surface area (Å²) in [6.45, 7) is 2.87. The van der Waals surface area contributed by atoms with Crippen molar-refractivity contribution in [3.63, 3.8) is 0 Å². The maximum atomic E-state index is 12.9. The predicted molar refractivity (Wildman–Crippen MR) is 104 cm³/mol. The highest BCUT2D eigenvalue weighted by Crippen LogP contribution is 2.34. The quantitative estimate of drug-likeness (QED) is 0.797. The highest BCUT2D eigenvalue weighted by Gasteiger charge is 2.40. The van der Waals surface area contributed by atoms with E-state index in [9.17, 15) is 9.59 Å². The molecule has 148 valence electrons. The van der Waals surface area contributed by atoms with Gasteiger partial charge in [0.2, 0.25) is 11.8 Å². The van der Waals surface area contributed by atoms with Gasteiger partial charge in [0.1, 0.15) is 0 Å². The van der Waals surface area contributed by atoms with Crippen LogP contribution in [0.2, 0.25) is 0 Å². The molecule has 5 nitrogen and oxygen atoms in total. The summed E-state index contributed by atoms with van der Waals surface area (Å²) in [6.07, 6.45) is 12.0. The Kier molecular flexibility index (Phi) is 6.84. The lowest BCUT2D eigenvalue weighted by molar-refractivity contribution is -0.143. The summed E-state index contributed by atoms with van der Waals surface area (Å²) >= 11 is 0. The third-order valence-electron chi connectivity index (χ3n) is 7.02. The second-order valence-corrected chi connectivity index (χ2v) is 8.59. The van der Waals surface area contributed by atoms with E-state index in [1.54, 1.807) is 0 Å². The third-order valence-corrected chi connectivity index (χ3v) is 7.02. The van der Waals surface area contributed by atoms with Crippen molar-refractivity contribution in [1.82, 2.24) is 15.1 Å². The summed E-state index contributed by atoms with van der Waals surface area (Å²) in [6, 6.07) is 0.588. The molecule has 0 spiro atoms. The zero-order valence-electron chi connectivity index (χ0n) is 15.8. The first-order valence-electron chi connectivity index (χ1n) is 10.6. The molecular formula is C20H34ClN3O2. The van der Waals surface area contributed by atoms with Gasteiger partial charge >= 0.3 is 0 Å². The Morgan fingerprint density at radius 1 is 0.731 bits per heavy atom. The molecule has 1 N–H and O–H groups in total. The Bertz CT molecular complexity index is 487. The molecule has 0 radical (unpaired) electrons. The van der Waals surface area contributed by atoms with Crippen molar-refractivity contribution in [2.24, 2.45) is 11.8 Å². The molecule has 26 heavy (non-hydrogen) atoms. The zero-order chi connectivity index (χ0) is 17.2. The highest BCUT2D eigenvalue weighted by atomic mass is 35.5. The first kappa shape index (κ1) is 19.9. The lowest BCUT2D eigenvalue weighted by atomic mass is 9.85. The van der Waals surface area contributed by atoms with Gasteiger partial charge < -0.3 is 15.1 Å². The first-order chi connectivity index (χ1) is 12.2. The summed E-state index contributed by atoms with van der Waals surface area (Å²) in [7, 11) is 0. The Morgan fingerprint density at radius 3 is 1.96 bits per heavy atom. The number of hydrogen-bond donors (Lipinski definition) is 1. The average Bonchev–Trinajstić information content (AvgIpc) is 3.12. The third kappa shape index (κ3) is 4.19. The molecule has 0 aromatic rings. The van der Waals surface area contributed by atoms with Gasteiger partial charge in [0.25, 0.3) is 0 Å².